The fraction of sp³-hybridized carbons (Fsp3) is 0.857. The molecule has 0 amide bonds. The smallest absolute Gasteiger partial charge is 0.152 e. The molecule has 32 heavy (non-hydrogen) atoms. The van der Waals surface area contributed by atoms with Crippen LogP contribution < -0.4 is 0 Å². The van der Waals surface area contributed by atoms with Crippen LogP contribution in [0.3, 0.4) is 0 Å². The monoisotopic (exact) mass is 450 g/mol. The first-order chi connectivity index (χ1) is 14.5. The summed E-state index contributed by atoms with van der Waals surface area (Å²) in [6, 6.07) is 0. The standard InChI is InChI=1S/C28H50O4/c1-13-18(5)23(30)22(24(31)20(7)26(8,9)10)19(6)27(11,12)25(32)28(16-4,17-29)21(14-2)15-3/h17-22H,13-16H2,1-12H3. The molecule has 0 aromatic heterocycles. The molecule has 4 nitrogen and oxygen atoms in total. The van der Waals surface area contributed by atoms with E-state index in [2.05, 4.69) is 0 Å². The first-order valence-corrected chi connectivity index (χ1v) is 12.6. The normalized spacial score (nSPS) is 18.4. The molecule has 0 aliphatic rings. The summed E-state index contributed by atoms with van der Waals surface area (Å²) in [6.07, 6.45) is 3.37. The van der Waals surface area contributed by atoms with E-state index in [4.69, 9.17) is 0 Å². The minimum Gasteiger partial charge on any atom is -0.302 e. The van der Waals surface area contributed by atoms with Gasteiger partial charge in [0.05, 0.1) is 11.3 Å². The molecule has 5 atom stereocenters. The molecular formula is C28H50O4. The molecule has 0 aliphatic carbocycles. The van der Waals surface area contributed by atoms with E-state index in [1.807, 2.05) is 83.1 Å². The molecule has 0 rings (SSSR count). The van der Waals surface area contributed by atoms with Crippen LogP contribution in [0.15, 0.2) is 0 Å². The quantitative estimate of drug-likeness (QED) is 0.217. The van der Waals surface area contributed by atoms with Crippen LogP contribution in [-0.2, 0) is 19.2 Å². The van der Waals surface area contributed by atoms with Crippen molar-refractivity contribution in [2.24, 2.45) is 45.8 Å². The van der Waals surface area contributed by atoms with Crippen molar-refractivity contribution in [2.45, 2.75) is 109 Å². The molecule has 0 saturated carbocycles. The van der Waals surface area contributed by atoms with Crippen LogP contribution in [0, 0.1) is 45.8 Å². The predicted molar refractivity (Wildman–Crippen MR) is 132 cm³/mol. The number of hydrogen-bond acceptors (Lipinski definition) is 4. The Balaban J connectivity index is 6.61. The van der Waals surface area contributed by atoms with E-state index in [1.165, 1.54) is 0 Å². The van der Waals surface area contributed by atoms with Crippen LogP contribution in [-0.4, -0.2) is 23.6 Å². The highest BCUT2D eigenvalue weighted by atomic mass is 16.2. The molecule has 186 valence electrons. The van der Waals surface area contributed by atoms with Gasteiger partial charge in [-0.15, -0.1) is 0 Å². The van der Waals surface area contributed by atoms with Crippen LogP contribution in [0.25, 0.3) is 0 Å². The zero-order chi connectivity index (χ0) is 25.7. The molecular weight excluding hydrogens is 400 g/mol. The van der Waals surface area contributed by atoms with E-state index in [1.54, 1.807) is 0 Å². The Morgan fingerprint density at radius 2 is 1.25 bits per heavy atom. The lowest BCUT2D eigenvalue weighted by atomic mass is 9.56. The second-order valence-corrected chi connectivity index (χ2v) is 11.5. The summed E-state index contributed by atoms with van der Waals surface area (Å²) in [4.78, 5) is 53.6. The largest absolute Gasteiger partial charge is 0.302 e. The van der Waals surface area contributed by atoms with E-state index in [0.29, 0.717) is 12.8 Å². The van der Waals surface area contributed by atoms with Crippen molar-refractivity contribution >= 4 is 23.6 Å². The molecule has 0 heterocycles. The van der Waals surface area contributed by atoms with Crippen LogP contribution >= 0.6 is 0 Å². The van der Waals surface area contributed by atoms with Crippen molar-refractivity contribution in [1.29, 1.82) is 0 Å². The van der Waals surface area contributed by atoms with Crippen molar-refractivity contribution in [3.63, 3.8) is 0 Å². The van der Waals surface area contributed by atoms with Crippen molar-refractivity contribution in [1.82, 2.24) is 0 Å². The third kappa shape index (κ3) is 5.97. The average molecular weight is 451 g/mol. The number of hydrogen-bond donors (Lipinski definition) is 0. The van der Waals surface area contributed by atoms with E-state index in [9.17, 15) is 19.2 Å². The van der Waals surface area contributed by atoms with Crippen LogP contribution in [0.2, 0.25) is 0 Å². The van der Waals surface area contributed by atoms with Crippen LogP contribution in [0.1, 0.15) is 109 Å². The first-order valence-electron chi connectivity index (χ1n) is 12.6. The van der Waals surface area contributed by atoms with Gasteiger partial charge in [0, 0.05) is 17.3 Å². The number of carbonyl (C=O) groups excluding carboxylic acids is 4. The van der Waals surface area contributed by atoms with Gasteiger partial charge in [-0.1, -0.05) is 95.9 Å². The van der Waals surface area contributed by atoms with E-state index in [0.717, 1.165) is 19.1 Å². The van der Waals surface area contributed by atoms with Crippen LogP contribution in [0.4, 0.5) is 0 Å². The molecule has 0 saturated heterocycles. The molecule has 0 fully saturated rings. The zero-order valence-electron chi connectivity index (χ0n) is 22.9. The number of Topliss-reactive ketones (excluding diaryl/α,β-unsaturated/α-hetero) is 3. The van der Waals surface area contributed by atoms with Crippen molar-refractivity contribution in [3.8, 4) is 0 Å². The number of carbonyl (C=O) groups is 4. The molecule has 0 radical (unpaired) electrons. The second-order valence-electron chi connectivity index (χ2n) is 11.5. The maximum absolute atomic E-state index is 14.1. The topological polar surface area (TPSA) is 68.3 Å². The molecule has 0 spiro atoms. The van der Waals surface area contributed by atoms with E-state index < -0.39 is 22.7 Å². The third-order valence-electron chi connectivity index (χ3n) is 8.59. The molecule has 0 aromatic carbocycles. The highest BCUT2D eigenvalue weighted by Gasteiger charge is 2.54. The predicted octanol–water partition coefficient (Wildman–Crippen LogP) is 6.73. The van der Waals surface area contributed by atoms with Gasteiger partial charge < -0.3 is 4.79 Å². The van der Waals surface area contributed by atoms with E-state index in [-0.39, 0.29) is 40.5 Å². The van der Waals surface area contributed by atoms with Gasteiger partial charge >= 0.3 is 0 Å². The molecule has 0 aromatic rings. The van der Waals surface area contributed by atoms with Crippen molar-refractivity contribution in [3.05, 3.63) is 0 Å². The van der Waals surface area contributed by atoms with Gasteiger partial charge in [-0.2, -0.15) is 0 Å². The Kier molecular flexibility index (Phi) is 11.2. The van der Waals surface area contributed by atoms with Gasteiger partial charge in [0.25, 0.3) is 0 Å². The van der Waals surface area contributed by atoms with Gasteiger partial charge in [-0.05, 0) is 30.1 Å². The summed E-state index contributed by atoms with van der Waals surface area (Å²) >= 11 is 0. The Bertz CT molecular complexity index is 665. The number of ketones is 3. The fourth-order valence-electron chi connectivity index (χ4n) is 4.94. The zero-order valence-corrected chi connectivity index (χ0v) is 22.9. The lowest BCUT2D eigenvalue weighted by Crippen LogP contribution is -2.52. The summed E-state index contributed by atoms with van der Waals surface area (Å²) in [6.45, 7) is 23.1. The van der Waals surface area contributed by atoms with Crippen LogP contribution in [0.5, 0.6) is 0 Å². The molecule has 4 heteroatoms. The summed E-state index contributed by atoms with van der Waals surface area (Å²) < 4.78 is 0. The highest BCUT2D eigenvalue weighted by Crippen LogP contribution is 2.47. The maximum atomic E-state index is 14.1. The van der Waals surface area contributed by atoms with Crippen molar-refractivity contribution in [2.75, 3.05) is 0 Å². The first kappa shape index (κ1) is 30.7. The molecule has 0 aliphatic heterocycles. The summed E-state index contributed by atoms with van der Waals surface area (Å²) in [7, 11) is 0. The minimum atomic E-state index is -1.09. The summed E-state index contributed by atoms with van der Waals surface area (Å²) in [5.41, 5.74) is -2.38. The van der Waals surface area contributed by atoms with E-state index >= 15 is 0 Å². The number of rotatable bonds is 14. The van der Waals surface area contributed by atoms with Gasteiger partial charge in [-0.3, -0.25) is 14.4 Å². The summed E-state index contributed by atoms with van der Waals surface area (Å²) in [5.74, 6) is -2.32. The minimum absolute atomic E-state index is 0.0584. The van der Waals surface area contributed by atoms with Gasteiger partial charge in [0.15, 0.2) is 5.78 Å². The number of aldehydes is 1. The Hall–Kier alpha value is -1.32. The fourth-order valence-corrected chi connectivity index (χ4v) is 4.94. The lowest BCUT2D eigenvalue weighted by molar-refractivity contribution is -0.152. The second kappa shape index (κ2) is 11.7. The maximum Gasteiger partial charge on any atom is 0.152 e. The third-order valence-corrected chi connectivity index (χ3v) is 8.59. The highest BCUT2D eigenvalue weighted by molar-refractivity contribution is 6.07. The SMILES string of the molecule is CCC(C)C(=O)C(C(=O)C(C)C(C)(C)C)C(C)C(C)(C)C(=O)C(C=O)(CC)C(CC)CC. The van der Waals surface area contributed by atoms with Gasteiger partial charge in [0.1, 0.15) is 17.9 Å². The Morgan fingerprint density at radius 3 is 1.56 bits per heavy atom. The Morgan fingerprint density at radius 1 is 0.781 bits per heavy atom. The molecule has 0 N–H and O–H groups in total. The van der Waals surface area contributed by atoms with Crippen molar-refractivity contribution < 1.29 is 19.2 Å². The Labute approximate surface area is 197 Å². The average Bonchev–Trinajstić information content (AvgIpc) is 2.74. The van der Waals surface area contributed by atoms with Gasteiger partial charge in [-0.25, -0.2) is 0 Å². The lowest BCUT2D eigenvalue weighted by Gasteiger charge is -2.44. The summed E-state index contributed by atoms with van der Waals surface area (Å²) in [5, 5.41) is 0. The van der Waals surface area contributed by atoms with Gasteiger partial charge in [0.2, 0.25) is 0 Å². The molecule has 5 unspecified atom stereocenters. The molecule has 0 bridgehead atoms.